The number of hydrogen-bond donors (Lipinski definition) is 1. The van der Waals surface area contributed by atoms with Crippen LogP contribution in [0.1, 0.15) is 80.9 Å². The van der Waals surface area contributed by atoms with Crippen molar-refractivity contribution >= 4 is 27.5 Å². The second kappa shape index (κ2) is 8.86. The van der Waals surface area contributed by atoms with Crippen molar-refractivity contribution < 1.29 is 4.79 Å². The minimum absolute atomic E-state index is 0.148. The molecule has 0 bridgehead atoms. The first-order chi connectivity index (χ1) is 15.3. The summed E-state index contributed by atoms with van der Waals surface area (Å²) in [5.74, 6) is 0.992. The van der Waals surface area contributed by atoms with Crippen LogP contribution in [0.2, 0.25) is 0 Å². The molecule has 0 fully saturated rings. The standard InChI is InChI=1S/C27H32BrN3O/c1-5-27(6-2,20-12-14-21(28)15-13-20)17-24(32)22-18-29-31-25(22)30-23(16-26(31,3)4)19-10-8-7-9-11-19/h7-15,18,23,30H,5-6,16-17H2,1-4H3. The van der Waals surface area contributed by atoms with Crippen LogP contribution in [-0.4, -0.2) is 15.6 Å². The van der Waals surface area contributed by atoms with Crippen LogP contribution in [-0.2, 0) is 11.0 Å². The van der Waals surface area contributed by atoms with Gasteiger partial charge in [-0.1, -0.05) is 72.2 Å². The van der Waals surface area contributed by atoms with Crippen LogP contribution in [0.25, 0.3) is 0 Å². The minimum atomic E-state index is -0.185. The topological polar surface area (TPSA) is 46.9 Å². The van der Waals surface area contributed by atoms with Crippen LogP contribution in [0.15, 0.2) is 65.3 Å². The summed E-state index contributed by atoms with van der Waals surface area (Å²) in [6.07, 6.45) is 4.96. The van der Waals surface area contributed by atoms with E-state index in [1.54, 1.807) is 6.20 Å². The molecule has 1 aliphatic heterocycles. The van der Waals surface area contributed by atoms with E-state index in [2.05, 4.69) is 103 Å². The molecular weight excluding hydrogens is 462 g/mol. The molecule has 0 aliphatic carbocycles. The van der Waals surface area contributed by atoms with Gasteiger partial charge in [-0.25, -0.2) is 4.68 Å². The Morgan fingerprint density at radius 3 is 2.41 bits per heavy atom. The average molecular weight is 494 g/mol. The molecule has 0 amide bonds. The molecule has 3 aromatic rings. The van der Waals surface area contributed by atoms with E-state index in [1.165, 1.54) is 11.1 Å². The molecule has 1 aliphatic rings. The maximum atomic E-state index is 13.7. The number of aromatic nitrogens is 2. The predicted octanol–water partition coefficient (Wildman–Crippen LogP) is 7.27. The number of carbonyl (C=O) groups excluding carboxylic acids is 1. The molecular formula is C27H32BrN3O. The molecule has 2 aromatic carbocycles. The number of fused-ring (bicyclic) bond motifs is 1. The van der Waals surface area contributed by atoms with Crippen molar-refractivity contribution in [1.82, 2.24) is 9.78 Å². The fraction of sp³-hybridized carbons (Fsp3) is 0.407. The third-order valence-corrected chi connectivity index (χ3v) is 7.70. The zero-order chi connectivity index (χ0) is 22.9. The van der Waals surface area contributed by atoms with Crippen LogP contribution < -0.4 is 5.32 Å². The fourth-order valence-corrected chi connectivity index (χ4v) is 5.32. The first-order valence-corrected chi connectivity index (χ1v) is 12.3. The van der Waals surface area contributed by atoms with Gasteiger partial charge in [0, 0.05) is 16.3 Å². The van der Waals surface area contributed by atoms with Crippen molar-refractivity contribution in [2.45, 2.75) is 70.4 Å². The van der Waals surface area contributed by atoms with E-state index in [9.17, 15) is 4.79 Å². The highest BCUT2D eigenvalue weighted by atomic mass is 79.9. The lowest BCUT2D eigenvalue weighted by Gasteiger charge is -2.38. The van der Waals surface area contributed by atoms with Gasteiger partial charge in [0.15, 0.2) is 5.78 Å². The summed E-state index contributed by atoms with van der Waals surface area (Å²) < 4.78 is 3.05. The molecule has 1 unspecified atom stereocenters. The van der Waals surface area contributed by atoms with Crippen molar-refractivity contribution in [1.29, 1.82) is 0 Å². The SMILES string of the molecule is CCC(CC)(CC(=O)c1cnn2c1NC(c1ccccc1)CC2(C)C)c1ccc(Br)cc1. The summed E-state index contributed by atoms with van der Waals surface area (Å²) in [5, 5.41) is 8.29. The van der Waals surface area contributed by atoms with Crippen molar-refractivity contribution in [3.8, 4) is 0 Å². The highest BCUT2D eigenvalue weighted by Gasteiger charge is 2.38. The third kappa shape index (κ3) is 4.15. The Bertz CT molecular complexity index is 1080. The van der Waals surface area contributed by atoms with Crippen molar-refractivity contribution in [2.75, 3.05) is 5.32 Å². The normalized spacial score (nSPS) is 17.5. The average Bonchev–Trinajstić information content (AvgIpc) is 3.24. The Balaban J connectivity index is 1.67. The molecule has 1 N–H and O–H groups in total. The molecule has 1 aromatic heterocycles. The van der Waals surface area contributed by atoms with Gasteiger partial charge in [0.1, 0.15) is 5.82 Å². The highest BCUT2D eigenvalue weighted by Crippen LogP contribution is 2.42. The molecule has 0 saturated heterocycles. The zero-order valence-electron chi connectivity index (χ0n) is 19.4. The van der Waals surface area contributed by atoms with E-state index in [4.69, 9.17) is 0 Å². The summed E-state index contributed by atoms with van der Waals surface area (Å²) >= 11 is 3.53. The highest BCUT2D eigenvalue weighted by molar-refractivity contribution is 9.10. The number of Topliss-reactive ketones (excluding diaryl/α,β-unsaturated/α-hetero) is 1. The molecule has 0 saturated carbocycles. The van der Waals surface area contributed by atoms with E-state index in [-0.39, 0.29) is 22.8 Å². The van der Waals surface area contributed by atoms with Gasteiger partial charge in [0.05, 0.1) is 23.3 Å². The maximum absolute atomic E-state index is 13.7. The van der Waals surface area contributed by atoms with E-state index in [0.717, 1.165) is 29.6 Å². The Hall–Kier alpha value is -2.40. The van der Waals surface area contributed by atoms with Crippen LogP contribution in [0, 0.1) is 0 Å². The maximum Gasteiger partial charge on any atom is 0.169 e. The summed E-state index contributed by atoms with van der Waals surface area (Å²) in [5.41, 5.74) is 2.78. The van der Waals surface area contributed by atoms with E-state index in [1.807, 2.05) is 10.7 Å². The molecule has 0 radical (unpaired) electrons. The van der Waals surface area contributed by atoms with Gasteiger partial charge in [-0.2, -0.15) is 5.10 Å². The molecule has 2 heterocycles. The number of anilines is 1. The predicted molar refractivity (Wildman–Crippen MR) is 134 cm³/mol. The molecule has 0 spiro atoms. The van der Waals surface area contributed by atoms with Gasteiger partial charge >= 0.3 is 0 Å². The van der Waals surface area contributed by atoms with Crippen LogP contribution in [0.3, 0.4) is 0 Å². The first kappa shape index (κ1) is 22.8. The lowest BCUT2D eigenvalue weighted by Crippen LogP contribution is -2.38. The Labute approximate surface area is 199 Å². The molecule has 4 rings (SSSR count). The van der Waals surface area contributed by atoms with Crippen molar-refractivity contribution in [3.05, 3.63) is 82.0 Å². The second-order valence-corrected chi connectivity index (χ2v) is 10.5. The Morgan fingerprint density at radius 1 is 1.12 bits per heavy atom. The third-order valence-electron chi connectivity index (χ3n) is 7.17. The lowest BCUT2D eigenvalue weighted by atomic mass is 9.71. The van der Waals surface area contributed by atoms with Gasteiger partial charge in [0.25, 0.3) is 0 Å². The number of carbonyl (C=O) groups is 1. The number of halogens is 1. The second-order valence-electron chi connectivity index (χ2n) is 9.54. The van der Waals surface area contributed by atoms with Crippen LogP contribution in [0.4, 0.5) is 5.82 Å². The molecule has 32 heavy (non-hydrogen) atoms. The van der Waals surface area contributed by atoms with Gasteiger partial charge < -0.3 is 5.32 Å². The number of nitrogens with one attached hydrogen (secondary N) is 1. The fourth-order valence-electron chi connectivity index (χ4n) is 5.06. The Morgan fingerprint density at radius 2 is 1.78 bits per heavy atom. The zero-order valence-corrected chi connectivity index (χ0v) is 20.9. The number of ketones is 1. The molecule has 5 heteroatoms. The summed E-state index contributed by atoms with van der Waals surface area (Å²) in [4.78, 5) is 13.7. The van der Waals surface area contributed by atoms with Crippen LogP contribution in [0.5, 0.6) is 0 Å². The quantitative estimate of drug-likeness (QED) is 0.352. The van der Waals surface area contributed by atoms with E-state index >= 15 is 0 Å². The molecule has 168 valence electrons. The smallest absolute Gasteiger partial charge is 0.169 e. The van der Waals surface area contributed by atoms with Crippen LogP contribution >= 0.6 is 15.9 Å². The minimum Gasteiger partial charge on any atom is -0.363 e. The number of hydrogen-bond acceptors (Lipinski definition) is 3. The molecule has 4 nitrogen and oxygen atoms in total. The molecule has 1 atom stereocenters. The van der Waals surface area contributed by atoms with Gasteiger partial charge in [-0.3, -0.25) is 4.79 Å². The Kier molecular flexibility index (Phi) is 6.30. The summed E-state index contributed by atoms with van der Waals surface area (Å²) in [7, 11) is 0. The number of nitrogens with zero attached hydrogens (tertiary/aromatic N) is 2. The van der Waals surface area contributed by atoms with Crippen molar-refractivity contribution in [2.24, 2.45) is 0 Å². The van der Waals surface area contributed by atoms with E-state index in [0.29, 0.717) is 12.0 Å². The number of rotatable bonds is 7. The van der Waals surface area contributed by atoms with E-state index < -0.39 is 0 Å². The summed E-state index contributed by atoms with van der Waals surface area (Å²) in [6, 6.07) is 19.0. The lowest BCUT2D eigenvalue weighted by molar-refractivity contribution is 0.0944. The largest absolute Gasteiger partial charge is 0.363 e. The number of benzene rings is 2. The van der Waals surface area contributed by atoms with Gasteiger partial charge in [-0.15, -0.1) is 0 Å². The monoisotopic (exact) mass is 493 g/mol. The van der Waals surface area contributed by atoms with Gasteiger partial charge in [-0.05, 0) is 56.4 Å². The summed E-state index contributed by atoms with van der Waals surface area (Å²) in [6.45, 7) is 8.75. The first-order valence-electron chi connectivity index (χ1n) is 11.5. The van der Waals surface area contributed by atoms with Crippen molar-refractivity contribution in [3.63, 3.8) is 0 Å². The van der Waals surface area contributed by atoms with Gasteiger partial charge in [0.2, 0.25) is 0 Å².